The van der Waals surface area contributed by atoms with Gasteiger partial charge in [-0.2, -0.15) is 4.68 Å². The Labute approximate surface area is 176 Å². The first-order valence-corrected chi connectivity index (χ1v) is 9.82. The summed E-state index contributed by atoms with van der Waals surface area (Å²) in [6.07, 6.45) is -0.440. The van der Waals surface area contributed by atoms with Crippen molar-refractivity contribution in [2.45, 2.75) is 13.0 Å². The van der Waals surface area contributed by atoms with Crippen LogP contribution in [0.1, 0.15) is 6.92 Å². The van der Waals surface area contributed by atoms with Crippen molar-refractivity contribution in [3.8, 4) is 5.69 Å². The molecule has 0 N–H and O–H groups in total. The van der Waals surface area contributed by atoms with Gasteiger partial charge in [-0.3, -0.25) is 9.59 Å². The van der Waals surface area contributed by atoms with Crippen molar-refractivity contribution in [1.29, 1.82) is 0 Å². The molecule has 0 aliphatic carbocycles. The highest BCUT2D eigenvalue weighted by Gasteiger charge is 2.32. The van der Waals surface area contributed by atoms with Gasteiger partial charge in [-0.05, 0) is 25.1 Å². The van der Waals surface area contributed by atoms with Gasteiger partial charge >= 0.3 is 5.97 Å². The van der Waals surface area contributed by atoms with Gasteiger partial charge in [0.1, 0.15) is 11.5 Å². The van der Waals surface area contributed by atoms with Gasteiger partial charge in [-0.25, -0.2) is 8.78 Å². The van der Waals surface area contributed by atoms with Gasteiger partial charge in [0, 0.05) is 24.5 Å². The van der Waals surface area contributed by atoms with E-state index in [1.165, 1.54) is 13.2 Å². The molecule has 2 aromatic carbocycles. The van der Waals surface area contributed by atoms with Crippen molar-refractivity contribution in [1.82, 2.24) is 9.78 Å². The maximum atomic E-state index is 14.5. The summed E-state index contributed by atoms with van der Waals surface area (Å²) in [5.41, 5.74) is -0.663. The lowest BCUT2D eigenvalue weighted by atomic mass is 10.0. The van der Waals surface area contributed by atoms with E-state index in [4.69, 9.17) is 9.47 Å². The van der Waals surface area contributed by atoms with Gasteiger partial charge in [0.25, 0.3) is 5.56 Å². The van der Waals surface area contributed by atoms with Gasteiger partial charge in [0.05, 0.1) is 31.1 Å². The first kappa shape index (κ1) is 20.9. The molecule has 0 spiro atoms. The Kier molecular flexibility index (Phi) is 5.69. The summed E-state index contributed by atoms with van der Waals surface area (Å²) in [5, 5.41) is 5.38. The van der Waals surface area contributed by atoms with E-state index in [1.807, 2.05) is 4.90 Å². The van der Waals surface area contributed by atoms with E-state index in [1.54, 1.807) is 31.2 Å². The zero-order valence-electron chi connectivity index (χ0n) is 17.0. The molecule has 4 rings (SSSR count). The van der Waals surface area contributed by atoms with E-state index in [0.717, 1.165) is 10.7 Å². The van der Waals surface area contributed by atoms with Crippen LogP contribution in [0.4, 0.5) is 14.6 Å². The van der Waals surface area contributed by atoms with Crippen molar-refractivity contribution in [3.63, 3.8) is 0 Å². The molecule has 162 valence electrons. The Morgan fingerprint density at radius 2 is 1.97 bits per heavy atom. The van der Waals surface area contributed by atoms with Crippen LogP contribution >= 0.6 is 0 Å². The van der Waals surface area contributed by atoms with Gasteiger partial charge in [-0.1, -0.05) is 18.2 Å². The largest absolute Gasteiger partial charge is 0.469 e. The molecule has 2 heterocycles. The highest BCUT2D eigenvalue weighted by molar-refractivity contribution is 5.91. The average molecular weight is 429 g/mol. The first-order chi connectivity index (χ1) is 14.9. The van der Waals surface area contributed by atoms with Crippen LogP contribution in [0.15, 0.2) is 47.3 Å². The number of hydrogen-bond acceptors (Lipinski definition) is 6. The van der Waals surface area contributed by atoms with E-state index in [0.29, 0.717) is 42.4 Å². The summed E-state index contributed by atoms with van der Waals surface area (Å²) in [7, 11) is 1.32. The third kappa shape index (κ3) is 3.88. The average Bonchev–Trinajstić information content (AvgIpc) is 2.79. The lowest BCUT2D eigenvalue weighted by Gasteiger charge is -2.36. The third-order valence-corrected chi connectivity index (χ3v) is 5.45. The molecule has 1 fully saturated rings. The summed E-state index contributed by atoms with van der Waals surface area (Å²) in [6, 6.07) is 9.85. The third-order valence-electron chi connectivity index (χ3n) is 5.45. The number of carbonyl (C=O) groups is 1. The fourth-order valence-corrected chi connectivity index (χ4v) is 3.73. The van der Waals surface area contributed by atoms with Gasteiger partial charge < -0.3 is 14.4 Å². The maximum absolute atomic E-state index is 14.5. The minimum atomic E-state index is -0.894. The summed E-state index contributed by atoms with van der Waals surface area (Å²) in [6.45, 7) is 2.86. The van der Waals surface area contributed by atoms with E-state index in [2.05, 4.69) is 5.10 Å². The van der Waals surface area contributed by atoms with Crippen LogP contribution in [0.3, 0.4) is 0 Å². The number of benzene rings is 2. The fraction of sp³-hybridized carbons (Fsp3) is 0.318. The van der Waals surface area contributed by atoms with Crippen LogP contribution in [0, 0.1) is 17.6 Å². The van der Waals surface area contributed by atoms with Crippen LogP contribution in [-0.4, -0.2) is 48.7 Å². The molecule has 0 amide bonds. The number of hydrogen-bond donors (Lipinski definition) is 0. The summed E-state index contributed by atoms with van der Waals surface area (Å²) in [4.78, 5) is 26.9. The highest BCUT2D eigenvalue weighted by Crippen LogP contribution is 2.27. The maximum Gasteiger partial charge on any atom is 0.311 e. The second-order valence-electron chi connectivity index (χ2n) is 7.35. The van der Waals surface area contributed by atoms with Crippen LogP contribution in [-0.2, 0) is 14.3 Å². The van der Waals surface area contributed by atoms with Crippen molar-refractivity contribution >= 4 is 22.6 Å². The number of rotatable bonds is 4. The second kappa shape index (κ2) is 8.43. The zero-order valence-corrected chi connectivity index (χ0v) is 17.0. The Bertz CT molecular complexity index is 1200. The monoisotopic (exact) mass is 429 g/mol. The van der Waals surface area contributed by atoms with Crippen molar-refractivity contribution in [2.24, 2.45) is 5.92 Å². The lowest BCUT2D eigenvalue weighted by molar-refractivity contribution is -0.150. The normalized spacial score (nSPS) is 17.5. The van der Waals surface area contributed by atoms with Crippen LogP contribution in [0.5, 0.6) is 0 Å². The summed E-state index contributed by atoms with van der Waals surface area (Å²) in [5.74, 6) is -2.08. The number of nitrogens with zero attached hydrogens (tertiary/aromatic N) is 3. The van der Waals surface area contributed by atoms with Crippen molar-refractivity contribution < 1.29 is 23.0 Å². The van der Waals surface area contributed by atoms with Gasteiger partial charge in [-0.15, -0.1) is 5.10 Å². The zero-order chi connectivity index (χ0) is 22.1. The predicted molar refractivity (Wildman–Crippen MR) is 110 cm³/mol. The van der Waals surface area contributed by atoms with Gasteiger partial charge in [0.15, 0.2) is 11.6 Å². The van der Waals surface area contributed by atoms with Crippen molar-refractivity contribution in [3.05, 3.63) is 64.5 Å². The number of anilines is 1. The molecule has 2 unspecified atom stereocenters. The topological polar surface area (TPSA) is 73.7 Å². The Balaban J connectivity index is 1.83. The number of fused-ring (bicyclic) bond motifs is 1. The molecule has 3 aromatic rings. The van der Waals surface area contributed by atoms with Crippen LogP contribution < -0.4 is 10.5 Å². The molecule has 9 heteroatoms. The molecular weight excluding hydrogens is 408 g/mol. The molecule has 31 heavy (non-hydrogen) atoms. The predicted octanol–water partition coefficient (Wildman–Crippen LogP) is 2.68. The molecule has 2 atom stereocenters. The summed E-state index contributed by atoms with van der Waals surface area (Å²) < 4.78 is 39.4. The molecule has 0 radical (unpaired) electrons. The highest BCUT2D eigenvalue weighted by atomic mass is 19.1. The standard InChI is InChI=1S/C22H21F2N3O4/c1-13(22(29)30-2)19-12-26(9-10-31-19)20-15-5-3-4-6-16(15)21(28)27(25-20)18-8-7-14(23)11-17(18)24/h3-8,11,13,19H,9-10,12H2,1-2H3. The molecule has 1 aliphatic rings. The first-order valence-electron chi connectivity index (χ1n) is 9.82. The Morgan fingerprint density at radius 3 is 2.68 bits per heavy atom. The minimum absolute atomic E-state index is 0.147. The summed E-state index contributed by atoms with van der Waals surface area (Å²) >= 11 is 0. The number of ether oxygens (including phenoxy) is 2. The molecule has 1 aliphatic heterocycles. The lowest BCUT2D eigenvalue weighted by Crippen LogP contribution is -2.48. The van der Waals surface area contributed by atoms with Crippen LogP contribution in [0.2, 0.25) is 0 Å². The Hall–Kier alpha value is -3.33. The minimum Gasteiger partial charge on any atom is -0.469 e. The van der Waals surface area contributed by atoms with E-state index in [9.17, 15) is 18.4 Å². The second-order valence-corrected chi connectivity index (χ2v) is 7.35. The molecule has 0 saturated carbocycles. The smallest absolute Gasteiger partial charge is 0.311 e. The number of methoxy groups -OCH3 is 1. The van der Waals surface area contributed by atoms with E-state index >= 15 is 0 Å². The number of esters is 1. The molecule has 0 bridgehead atoms. The quantitative estimate of drug-likeness (QED) is 0.594. The van der Waals surface area contributed by atoms with Crippen LogP contribution in [0.25, 0.3) is 16.5 Å². The molecule has 7 nitrogen and oxygen atoms in total. The molecule has 1 saturated heterocycles. The molecular formula is C22H21F2N3O4. The SMILES string of the molecule is COC(=O)C(C)C1CN(c2nn(-c3ccc(F)cc3F)c(=O)c3ccccc23)CCO1. The number of carbonyl (C=O) groups excluding carboxylic acids is 1. The van der Waals surface area contributed by atoms with E-state index < -0.39 is 29.2 Å². The fourth-order valence-electron chi connectivity index (χ4n) is 3.73. The Morgan fingerprint density at radius 1 is 1.23 bits per heavy atom. The van der Waals surface area contributed by atoms with Gasteiger partial charge in [0.2, 0.25) is 0 Å². The number of aromatic nitrogens is 2. The van der Waals surface area contributed by atoms with E-state index in [-0.39, 0.29) is 11.7 Å². The van der Waals surface area contributed by atoms with Crippen molar-refractivity contribution in [2.75, 3.05) is 31.7 Å². The number of morpholine rings is 1. The number of halogens is 2. The molecule has 1 aromatic heterocycles.